The van der Waals surface area contributed by atoms with E-state index in [-0.39, 0.29) is 16.4 Å². The molecular weight excluding hydrogens is 306 g/mol. The van der Waals surface area contributed by atoms with Crippen molar-refractivity contribution >= 4 is 21.5 Å². The number of aromatic nitrogens is 2. The van der Waals surface area contributed by atoms with Gasteiger partial charge in [0.15, 0.2) is 20.6 Å². The molecule has 1 fully saturated rings. The third-order valence-corrected chi connectivity index (χ3v) is 5.72. The highest BCUT2D eigenvalue weighted by Crippen LogP contribution is 2.47. The first kappa shape index (κ1) is 14.5. The Labute approximate surface area is 126 Å². The van der Waals surface area contributed by atoms with E-state index in [9.17, 15) is 23.6 Å². The van der Waals surface area contributed by atoms with Gasteiger partial charge in [-0.3, -0.25) is 4.40 Å². The van der Waals surface area contributed by atoms with E-state index in [1.807, 2.05) is 0 Å². The summed E-state index contributed by atoms with van der Waals surface area (Å²) in [4.78, 5) is 15.2. The molecule has 2 aromatic rings. The number of sulfone groups is 1. The quantitative estimate of drug-likeness (QED) is 0.911. The van der Waals surface area contributed by atoms with Crippen LogP contribution in [0.15, 0.2) is 23.4 Å². The Kier molecular flexibility index (Phi) is 3.00. The van der Waals surface area contributed by atoms with Gasteiger partial charge in [0.1, 0.15) is 5.65 Å². The summed E-state index contributed by atoms with van der Waals surface area (Å²) in [5, 5.41) is 18.1. The second-order valence-corrected chi connectivity index (χ2v) is 7.51. The van der Waals surface area contributed by atoms with Crippen molar-refractivity contribution in [2.75, 3.05) is 5.75 Å². The molecule has 0 spiro atoms. The normalized spacial score (nSPS) is 16.4. The van der Waals surface area contributed by atoms with Crippen LogP contribution in [0.3, 0.4) is 0 Å². The first-order valence-corrected chi connectivity index (χ1v) is 8.40. The van der Waals surface area contributed by atoms with E-state index in [1.54, 1.807) is 12.1 Å². The number of nitrogens with zero attached hydrogens (tertiary/aromatic N) is 3. The number of nitriles is 1. The van der Waals surface area contributed by atoms with Crippen LogP contribution in [0.2, 0.25) is 0 Å². The van der Waals surface area contributed by atoms with Crippen LogP contribution in [0.25, 0.3) is 5.65 Å². The number of carboxylic acid groups (broad SMARTS) is 1. The summed E-state index contributed by atoms with van der Waals surface area (Å²) < 4.78 is 25.6. The maximum absolute atomic E-state index is 12.2. The smallest absolute Gasteiger partial charge is 0.357 e. The Morgan fingerprint density at radius 1 is 1.55 bits per heavy atom. The third-order valence-electron chi connectivity index (χ3n) is 3.98. The van der Waals surface area contributed by atoms with E-state index in [4.69, 9.17) is 0 Å². The Morgan fingerprint density at radius 3 is 2.73 bits per heavy atom. The minimum atomic E-state index is -3.74. The fraction of sp³-hybridized carbons (Fsp3) is 0.357. The predicted octanol–water partition coefficient (Wildman–Crippen LogP) is 1.38. The topological polar surface area (TPSA) is 113 Å². The molecule has 22 heavy (non-hydrogen) atoms. The van der Waals surface area contributed by atoms with Crippen molar-refractivity contribution in [1.82, 2.24) is 9.38 Å². The lowest BCUT2D eigenvalue weighted by molar-refractivity contribution is 0.0686. The van der Waals surface area contributed by atoms with Crippen molar-refractivity contribution in [3.05, 3.63) is 29.6 Å². The Morgan fingerprint density at radius 2 is 2.23 bits per heavy atom. The van der Waals surface area contributed by atoms with Gasteiger partial charge >= 0.3 is 5.97 Å². The molecule has 0 amide bonds. The van der Waals surface area contributed by atoms with E-state index in [1.165, 1.54) is 17.5 Å². The second-order valence-electron chi connectivity index (χ2n) is 5.31. The Balaban J connectivity index is 2.30. The first-order chi connectivity index (χ1) is 10.3. The van der Waals surface area contributed by atoms with Gasteiger partial charge in [-0.1, -0.05) is 6.92 Å². The third kappa shape index (κ3) is 1.97. The molecule has 8 heteroatoms. The van der Waals surface area contributed by atoms with Crippen LogP contribution in [0.5, 0.6) is 0 Å². The van der Waals surface area contributed by atoms with E-state index in [0.717, 1.165) is 18.4 Å². The lowest BCUT2D eigenvalue weighted by Crippen LogP contribution is -2.12. The van der Waals surface area contributed by atoms with Gasteiger partial charge in [-0.2, -0.15) is 5.26 Å². The maximum atomic E-state index is 12.2. The fourth-order valence-corrected chi connectivity index (χ4v) is 3.64. The molecule has 0 unspecified atom stereocenters. The molecule has 0 bridgehead atoms. The molecule has 7 nitrogen and oxygen atoms in total. The van der Waals surface area contributed by atoms with Crippen molar-refractivity contribution in [1.29, 1.82) is 5.26 Å². The highest BCUT2D eigenvalue weighted by atomic mass is 32.2. The molecule has 114 valence electrons. The molecule has 0 radical (unpaired) electrons. The second kappa shape index (κ2) is 4.55. The number of fused-ring (bicyclic) bond motifs is 1. The van der Waals surface area contributed by atoms with Crippen LogP contribution in [-0.4, -0.2) is 34.6 Å². The van der Waals surface area contributed by atoms with Gasteiger partial charge in [-0.15, -0.1) is 0 Å². The van der Waals surface area contributed by atoms with Gasteiger partial charge in [-0.05, 0) is 30.5 Å². The summed E-state index contributed by atoms with van der Waals surface area (Å²) in [5.74, 6) is -1.61. The molecule has 1 aliphatic rings. The molecule has 1 N–H and O–H groups in total. The average Bonchev–Trinajstić information content (AvgIpc) is 3.19. The predicted molar refractivity (Wildman–Crippen MR) is 76.4 cm³/mol. The maximum Gasteiger partial charge on any atom is 0.357 e. The Hall–Kier alpha value is -2.40. The van der Waals surface area contributed by atoms with Crippen LogP contribution < -0.4 is 0 Å². The number of carboxylic acids is 1. The van der Waals surface area contributed by atoms with Crippen LogP contribution >= 0.6 is 0 Å². The lowest BCUT2D eigenvalue weighted by atomic mass is 9.99. The summed E-state index contributed by atoms with van der Waals surface area (Å²) in [5.41, 5.74) is -0.0601. The van der Waals surface area contributed by atoms with E-state index in [2.05, 4.69) is 11.1 Å². The summed E-state index contributed by atoms with van der Waals surface area (Å²) >= 11 is 0. The number of pyridine rings is 1. The highest BCUT2D eigenvalue weighted by molar-refractivity contribution is 7.91. The first-order valence-electron chi connectivity index (χ1n) is 6.74. The fourth-order valence-electron chi connectivity index (χ4n) is 2.48. The lowest BCUT2D eigenvalue weighted by Gasteiger charge is -2.07. The number of hydrogen-bond donors (Lipinski definition) is 1. The monoisotopic (exact) mass is 319 g/mol. The summed E-state index contributed by atoms with van der Waals surface area (Å²) in [7, 11) is -3.74. The van der Waals surface area contributed by atoms with Crippen LogP contribution in [0.4, 0.5) is 0 Å². The number of aromatic carboxylic acids is 1. The van der Waals surface area contributed by atoms with Gasteiger partial charge in [0.2, 0.25) is 0 Å². The largest absolute Gasteiger partial charge is 0.476 e. The molecule has 1 saturated carbocycles. The molecule has 2 aromatic heterocycles. The van der Waals surface area contributed by atoms with E-state index in [0.29, 0.717) is 0 Å². The van der Waals surface area contributed by atoms with E-state index < -0.39 is 26.9 Å². The van der Waals surface area contributed by atoms with Gasteiger partial charge in [-0.25, -0.2) is 18.2 Å². The summed E-state index contributed by atoms with van der Waals surface area (Å²) in [6, 6.07) is 5.50. The van der Waals surface area contributed by atoms with Crippen molar-refractivity contribution < 1.29 is 18.3 Å². The zero-order valence-corrected chi connectivity index (χ0v) is 12.6. The van der Waals surface area contributed by atoms with Gasteiger partial charge in [0.25, 0.3) is 0 Å². The standard InChI is InChI=1S/C14H13N3O4S/c1-2-22(20,21)12-11(13(18)19)16-10-7-9(3-6-17(10)12)14(8-15)4-5-14/h3,6-7H,2,4-5H2,1H3,(H,18,19). The van der Waals surface area contributed by atoms with Crippen molar-refractivity contribution in [2.24, 2.45) is 0 Å². The molecule has 0 atom stereocenters. The molecule has 3 rings (SSSR count). The molecule has 0 aromatic carbocycles. The number of hydrogen-bond acceptors (Lipinski definition) is 5. The van der Waals surface area contributed by atoms with Gasteiger partial charge in [0, 0.05) is 6.20 Å². The zero-order chi connectivity index (χ0) is 16.1. The summed E-state index contributed by atoms with van der Waals surface area (Å²) in [6.45, 7) is 1.45. The van der Waals surface area contributed by atoms with Gasteiger partial charge < -0.3 is 5.11 Å². The minimum absolute atomic E-state index is 0.217. The van der Waals surface area contributed by atoms with Crippen molar-refractivity contribution in [3.8, 4) is 6.07 Å². The molecule has 0 aliphatic heterocycles. The molecule has 0 saturated heterocycles. The van der Waals surface area contributed by atoms with E-state index >= 15 is 0 Å². The average molecular weight is 319 g/mol. The van der Waals surface area contributed by atoms with Gasteiger partial charge in [0.05, 0.1) is 17.2 Å². The zero-order valence-electron chi connectivity index (χ0n) is 11.8. The molecular formula is C14H13N3O4S. The van der Waals surface area contributed by atoms with Crippen molar-refractivity contribution in [3.63, 3.8) is 0 Å². The Bertz CT molecular complexity index is 933. The minimum Gasteiger partial charge on any atom is -0.476 e. The number of rotatable bonds is 4. The summed E-state index contributed by atoms with van der Waals surface area (Å²) in [6.07, 6.45) is 2.96. The number of imidazole rings is 1. The SMILES string of the molecule is CCS(=O)(=O)c1c(C(=O)O)nc2cc(C3(C#N)CC3)ccn12. The van der Waals surface area contributed by atoms with Crippen LogP contribution in [0.1, 0.15) is 35.8 Å². The van der Waals surface area contributed by atoms with Crippen LogP contribution in [0, 0.1) is 11.3 Å². The van der Waals surface area contributed by atoms with Crippen LogP contribution in [-0.2, 0) is 15.3 Å². The number of carbonyl (C=O) groups is 1. The molecule has 2 heterocycles. The van der Waals surface area contributed by atoms with Crippen molar-refractivity contribution in [2.45, 2.75) is 30.2 Å². The molecule has 1 aliphatic carbocycles. The highest BCUT2D eigenvalue weighted by Gasteiger charge is 2.45.